The first-order valence-electron chi connectivity index (χ1n) is 5.83. The zero-order valence-electron chi connectivity index (χ0n) is 10.6. The molecule has 5 nitrogen and oxygen atoms in total. The third-order valence-corrected chi connectivity index (χ3v) is 4.37. The van der Waals surface area contributed by atoms with Gasteiger partial charge in [-0.25, -0.2) is 0 Å². The van der Waals surface area contributed by atoms with Gasteiger partial charge in [0.15, 0.2) is 0 Å². The zero-order valence-corrected chi connectivity index (χ0v) is 13.0. The summed E-state index contributed by atoms with van der Waals surface area (Å²) in [6.07, 6.45) is 0.501. The molecule has 2 rings (SSSR count). The fourth-order valence-electron chi connectivity index (χ4n) is 1.52. The number of nitrogens with zero attached hydrogens (tertiary/aromatic N) is 3. The number of aryl methyl sites for hydroxylation is 1. The number of halogens is 2. The van der Waals surface area contributed by atoms with Gasteiger partial charge in [-0.1, -0.05) is 48.0 Å². The molecular weight excluding hydrogens is 319 g/mol. The van der Waals surface area contributed by atoms with Crippen LogP contribution in [0.5, 0.6) is 0 Å². The van der Waals surface area contributed by atoms with Crippen LogP contribution in [0.4, 0.5) is 0 Å². The average Bonchev–Trinajstić information content (AvgIpc) is 2.44. The van der Waals surface area contributed by atoms with Crippen LogP contribution >= 0.6 is 35.0 Å². The van der Waals surface area contributed by atoms with Gasteiger partial charge in [0.2, 0.25) is 5.16 Å². The summed E-state index contributed by atoms with van der Waals surface area (Å²) in [5.41, 5.74) is 0.990. The van der Waals surface area contributed by atoms with Crippen LogP contribution in [0.25, 0.3) is 0 Å². The van der Waals surface area contributed by atoms with E-state index >= 15 is 0 Å². The van der Waals surface area contributed by atoms with E-state index in [-0.39, 0.29) is 5.56 Å². The highest BCUT2D eigenvalue weighted by Crippen LogP contribution is 2.26. The van der Waals surface area contributed by atoms with E-state index in [2.05, 4.69) is 10.2 Å². The van der Waals surface area contributed by atoms with E-state index in [4.69, 9.17) is 29.0 Å². The second kappa shape index (κ2) is 6.47. The summed E-state index contributed by atoms with van der Waals surface area (Å²) in [5, 5.41) is 9.18. The molecule has 0 bridgehead atoms. The summed E-state index contributed by atoms with van der Waals surface area (Å²) in [7, 11) is 0. The number of hydrogen-bond acceptors (Lipinski definition) is 5. The number of aromatic nitrogens is 3. The normalized spacial score (nSPS) is 10.8. The number of benzene rings is 1. The van der Waals surface area contributed by atoms with Crippen LogP contribution in [0.2, 0.25) is 10.0 Å². The quantitative estimate of drug-likeness (QED) is 0.688. The van der Waals surface area contributed by atoms with Crippen LogP contribution in [0, 0.1) is 0 Å². The van der Waals surface area contributed by atoms with E-state index in [9.17, 15) is 4.79 Å². The van der Waals surface area contributed by atoms with Gasteiger partial charge in [-0.2, -0.15) is 4.68 Å². The molecule has 0 amide bonds. The van der Waals surface area contributed by atoms with E-state index in [1.54, 1.807) is 12.1 Å². The van der Waals surface area contributed by atoms with Crippen molar-refractivity contribution in [2.75, 3.05) is 5.84 Å². The number of nitrogen functional groups attached to an aromatic ring is 1. The summed E-state index contributed by atoms with van der Waals surface area (Å²) in [6.45, 7) is 1.83. The van der Waals surface area contributed by atoms with Gasteiger partial charge in [-0.15, -0.1) is 10.2 Å². The van der Waals surface area contributed by atoms with Crippen molar-refractivity contribution >= 4 is 35.0 Å². The Morgan fingerprint density at radius 2 is 2.05 bits per heavy atom. The van der Waals surface area contributed by atoms with Crippen molar-refractivity contribution in [2.45, 2.75) is 24.3 Å². The van der Waals surface area contributed by atoms with Gasteiger partial charge in [0, 0.05) is 5.75 Å². The molecule has 0 spiro atoms. The lowest BCUT2D eigenvalue weighted by molar-refractivity contribution is 0.668. The first-order valence-corrected chi connectivity index (χ1v) is 7.57. The lowest BCUT2D eigenvalue weighted by atomic mass is 10.2. The molecule has 0 aliphatic carbocycles. The summed E-state index contributed by atoms with van der Waals surface area (Å²) >= 11 is 13.1. The largest absolute Gasteiger partial charge is 0.334 e. The molecule has 0 saturated carbocycles. The SMILES string of the molecule is CCc1nnc(SCc2ccc(Cl)c(Cl)c2)n(N)c1=O. The van der Waals surface area contributed by atoms with Crippen molar-refractivity contribution in [2.24, 2.45) is 0 Å². The Kier molecular flexibility index (Phi) is 4.91. The Labute approximate surface area is 130 Å². The standard InChI is InChI=1S/C12H12Cl2N4OS/c1-2-10-11(19)18(15)12(17-16-10)20-6-7-3-4-8(13)9(14)5-7/h3-5H,2,6,15H2,1H3. The van der Waals surface area contributed by atoms with Gasteiger partial charge < -0.3 is 5.84 Å². The topological polar surface area (TPSA) is 73.8 Å². The van der Waals surface area contributed by atoms with E-state index in [1.807, 2.05) is 13.0 Å². The summed E-state index contributed by atoms with van der Waals surface area (Å²) in [6, 6.07) is 5.35. The predicted octanol–water partition coefficient (Wildman–Crippen LogP) is 2.51. The van der Waals surface area contributed by atoms with Crippen molar-refractivity contribution in [1.82, 2.24) is 14.9 Å². The molecule has 0 aliphatic heterocycles. The van der Waals surface area contributed by atoms with E-state index in [0.717, 1.165) is 10.2 Å². The fourth-order valence-corrected chi connectivity index (χ4v) is 2.63. The third-order valence-electron chi connectivity index (χ3n) is 2.61. The molecular formula is C12H12Cl2N4OS. The molecule has 0 saturated heterocycles. The Hall–Kier alpha value is -1.24. The first-order chi connectivity index (χ1) is 9.52. The maximum Gasteiger partial charge on any atom is 0.294 e. The Morgan fingerprint density at radius 3 is 2.70 bits per heavy atom. The molecule has 1 aromatic heterocycles. The molecule has 0 aliphatic rings. The van der Waals surface area contributed by atoms with Crippen LogP contribution in [-0.2, 0) is 12.2 Å². The van der Waals surface area contributed by atoms with Crippen molar-refractivity contribution < 1.29 is 0 Å². The molecule has 1 aromatic carbocycles. The van der Waals surface area contributed by atoms with Gasteiger partial charge in [0.1, 0.15) is 5.69 Å². The average molecular weight is 331 g/mol. The molecule has 0 unspecified atom stereocenters. The van der Waals surface area contributed by atoms with Gasteiger partial charge in [0.25, 0.3) is 5.56 Å². The van der Waals surface area contributed by atoms with Crippen LogP contribution < -0.4 is 11.4 Å². The fraction of sp³-hybridized carbons (Fsp3) is 0.250. The molecule has 106 valence electrons. The Morgan fingerprint density at radius 1 is 1.30 bits per heavy atom. The highest BCUT2D eigenvalue weighted by atomic mass is 35.5. The molecule has 0 atom stereocenters. The van der Waals surface area contributed by atoms with E-state index < -0.39 is 0 Å². The van der Waals surface area contributed by atoms with Crippen molar-refractivity contribution in [1.29, 1.82) is 0 Å². The van der Waals surface area contributed by atoms with Crippen molar-refractivity contribution in [3.05, 3.63) is 49.9 Å². The zero-order chi connectivity index (χ0) is 14.7. The number of nitrogens with two attached hydrogens (primary N) is 1. The molecule has 0 radical (unpaired) electrons. The number of rotatable bonds is 4. The second-order valence-corrected chi connectivity index (χ2v) is 5.75. The molecule has 2 aromatic rings. The summed E-state index contributed by atoms with van der Waals surface area (Å²) < 4.78 is 1.02. The second-order valence-electron chi connectivity index (χ2n) is 4.00. The molecule has 8 heteroatoms. The predicted molar refractivity (Wildman–Crippen MR) is 81.8 cm³/mol. The minimum absolute atomic E-state index is 0.320. The van der Waals surface area contributed by atoms with Crippen LogP contribution in [0.3, 0.4) is 0 Å². The highest BCUT2D eigenvalue weighted by Gasteiger charge is 2.09. The summed E-state index contributed by atoms with van der Waals surface area (Å²) in [4.78, 5) is 11.8. The van der Waals surface area contributed by atoms with Crippen molar-refractivity contribution in [3.63, 3.8) is 0 Å². The molecule has 1 heterocycles. The Balaban J connectivity index is 2.17. The lowest BCUT2D eigenvalue weighted by Gasteiger charge is -2.07. The van der Waals surface area contributed by atoms with Gasteiger partial charge >= 0.3 is 0 Å². The maximum absolute atomic E-state index is 11.8. The van der Waals surface area contributed by atoms with E-state index in [0.29, 0.717) is 33.1 Å². The third kappa shape index (κ3) is 3.26. The molecule has 2 N–H and O–H groups in total. The lowest BCUT2D eigenvalue weighted by Crippen LogP contribution is -2.33. The minimum Gasteiger partial charge on any atom is -0.334 e. The monoisotopic (exact) mass is 330 g/mol. The smallest absolute Gasteiger partial charge is 0.294 e. The summed E-state index contributed by atoms with van der Waals surface area (Å²) in [5.74, 6) is 6.27. The van der Waals surface area contributed by atoms with Crippen molar-refractivity contribution in [3.8, 4) is 0 Å². The van der Waals surface area contributed by atoms with E-state index in [1.165, 1.54) is 11.8 Å². The van der Waals surface area contributed by atoms with Gasteiger partial charge in [-0.05, 0) is 24.1 Å². The number of hydrogen-bond donors (Lipinski definition) is 1. The molecule has 0 fully saturated rings. The van der Waals surface area contributed by atoms with Crippen LogP contribution in [0.1, 0.15) is 18.2 Å². The minimum atomic E-state index is -0.320. The number of thioether (sulfide) groups is 1. The first kappa shape index (κ1) is 15.2. The Bertz CT molecular complexity index is 690. The van der Waals surface area contributed by atoms with Crippen LogP contribution in [-0.4, -0.2) is 14.9 Å². The van der Waals surface area contributed by atoms with Gasteiger partial charge in [0.05, 0.1) is 10.0 Å². The maximum atomic E-state index is 11.8. The van der Waals surface area contributed by atoms with Crippen LogP contribution in [0.15, 0.2) is 28.2 Å². The van der Waals surface area contributed by atoms with Gasteiger partial charge in [-0.3, -0.25) is 4.79 Å². The molecule has 20 heavy (non-hydrogen) atoms. The highest BCUT2D eigenvalue weighted by molar-refractivity contribution is 7.98.